The van der Waals surface area contributed by atoms with Crippen LogP contribution in [0.4, 0.5) is 0 Å². The van der Waals surface area contributed by atoms with E-state index in [-0.39, 0.29) is 11.7 Å². The summed E-state index contributed by atoms with van der Waals surface area (Å²) in [6, 6.07) is 17.9. The SMILES string of the molecule is C/C(=N/NC(=O)CCc1ccc2ccccc2c1)c1cc(Br)c(O)c(Br)c1. The number of nitrogens with zero attached hydrogens (tertiary/aromatic N) is 1. The third-order valence-electron chi connectivity index (χ3n) is 4.24. The highest BCUT2D eigenvalue weighted by atomic mass is 79.9. The van der Waals surface area contributed by atoms with E-state index in [9.17, 15) is 9.90 Å². The number of carbonyl (C=O) groups is 1. The summed E-state index contributed by atoms with van der Waals surface area (Å²) in [6.45, 7) is 1.80. The molecule has 4 nitrogen and oxygen atoms in total. The van der Waals surface area contributed by atoms with Gasteiger partial charge in [0.15, 0.2) is 0 Å². The summed E-state index contributed by atoms with van der Waals surface area (Å²) in [5.41, 5.74) is 5.16. The molecule has 1 amide bonds. The molecule has 3 aromatic rings. The van der Waals surface area contributed by atoms with Crippen LogP contribution in [-0.2, 0) is 11.2 Å². The average Bonchev–Trinajstić information content (AvgIpc) is 2.68. The molecule has 0 fully saturated rings. The highest BCUT2D eigenvalue weighted by Crippen LogP contribution is 2.33. The summed E-state index contributed by atoms with van der Waals surface area (Å²) < 4.78 is 1.12. The molecule has 0 bridgehead atoms. The van der Waals surface area contributed by atoms with E-state index in [1.165, 1.54) is 10.8 Å². The van der Waals surface area contributed by atoms with Crippen LogP contribution in [0.5, 0.6) is 5.75 Å². The first-order valence-electron chi connectivity index (χ1n) is 8.43. The van der Waals surface area contributed by atoms with Crippen molar-refractivity contribution in [2.45, 2.75) is 19.8 Å². The van der Waals surface area contributed by atoms with Gasteiger partial charge in [-0.25, -0.2) is 5.43 Å². The zero-order chi connectivity index (χ0) is 19.4. The average molecular weight is 490 g/mol. The molecule has 0 saturated heterocycles. The lowest BCUT2D eigenvalue weighted by Crippen LogP contribution is -2.19. The molecule has 0 unspecified atom stereocenters. The molecule has 0 spiro atoms. The van der Waals surface area contributed by atoms with Crippen LogP contribution in [-0.4, -0.2) is 16.7 Å². The van der Waals surface area contributed by atoms with Crippen molar-refractivity contribution in [2.75, 3.05) is 0 Å². The summed E-state index contributed by atoms with van der Waals surface area (Å²) >= 11 is 6.58. The topological polar surface area (TPSA) is 61.7 Å². The third-order valence-corrected chi connectivity index (χ3v) is 5.45. The lowest BCUT2D eigenvalue weighted by atomic mass is 10.0. The molecule has 0 heterocycles. The first-order valence-corrected chi connectivity index (χ1v) is 10.0. The Morgan fingerprint density at radius 3 is 2.41 bits per heavy atom. The summed E-state index contributed by atoms with van der Waals surface area (Å²) in [6.07, 6.45) is 1.01. The smallest absolute Gasteiger partial charge is 0.240 e. The summed E-state index contributed by atoms with van der Waals surface area (Å²) in [5, 5.41) is 16.3. The van der Waals surface area contributed by atoms with Crippen molar-refractivity contribution in [3.8, 4) is 5.75 Å². The highest BCUT2D eigenvalue weighted by molar-refractivity contribution is 9.11. The number of nitrogens with one attached hydrogen (secondary N) is 1. The summed E-state index contributed by atoms with van der Waals surface area (Å²) in [4.78, 5) is 12.1. The summed E-state index contributed by atoms with van der Waals surface area (Å²) in [5.74, 6) is -0.00890. The van der Waals surface area contributed by atoms with E-state index < -0.39 is 0 Å². The third kappa shape index (κ3) is 4.96. The van der Waals surface area contributed by atoms with Gasteiger partial charge in [0, 0.05) is 6.42 Å². The van der Waals surface area contributed by atoms with Crippen LogP contribution in [0.15, 0.2) is 68.6 Å². The molecule has 138 valence electrons. The molecule has 6 heteroatoms. The molecule has 27 heavy (non-hydrogen) atoms. The maximum atomic E-state index is 12.1. The minimum Gasteiger partial charge on any atom is -0.506 e. The Kier molecular flexibility index (Phi) is 6.29. The van der Waals surface area contributed by atoms with E-state index in [0.717, 1.165) is 11.1 Å². The number of fused-ring (bicyclic) bond motifs is 1. The maximum Gasteiger partial charge on any atom is 0.240 e. The van der Waals surface area contributed by atoms with Crippen LogP contribution in [0.1, 0.15) is 24.5 Å². The fourth-order valence-corrected chi connectivity index (χ4v) is 3.88. The largest absolute Gasteiger partial charge is 0.506 e. The molecule has 0 aliphatic heterocycles. The fraction of sp³-hybridized carbons (Fsp3) is 0.143. The van der Waals surface area contributed by atoms with Crippen molar-refractivity contribution in [1.29, 1.82) is 0 Å². The molecule has 0 atom stereocenters. The first-order chi connectivity index (χ1) is 12.9. The number of phenols is 1. The minimum absolute atomic E-state index is 0.131. The van der Waals surface area contributed by atoms with Crippen LogP contribution in [0.2, 0.25) is 0 Å². The molecule has 0 saturated carbocycles. The predicted octanol–water partition coefficient (Wildman–Crippen LogP) is 5.54. The van der Waals surface area contributed by atoms with Gasteiger partial charge in [-0.1, -0.05) is 42.5 Å². The molecule has 0 radical (unpaired) electrons. The van der Waals surface area contributed by atoms with Gasteiger partial charge in [0.25, 0.3) is 0 Å². The number of halogens is 2. The number of phenolic OH excluding ortho intramolecular Hbond substituents is 1. The quantitative estimate of drug-likeness (QED) is 0.365. The van der Waals surface area contributed by atoms with Crippen LogP contribution in [0.25, 0.3) is 10.8 Å². The zero-order valence-electron chi connectivity index (χ0n) is 14.7. The number of rotatable bonds is 5. The second kappa shape index (κ2) is 8.67. The number of amides is 1. The van der Waals surface area contributed by atoms with Crippen LogP contribution in [0.3, 0.4) is 0 Å². The lowest BCUT2D eigenvalue weighted by Gasteiger charge is -2.07. The maximum absolute atomic E-state index is 12.1. The molecular weight excluding hydrogens is 472 g/mol. The molecule has 3 rings (SSSR count). The Labute approximate surface area is 174 Å². The van der Waals surface area contributed by atoms with Crippen LogP contribution >= 0.6 is 31.9 Å². The fourth-order valence-electron chi connectivity index (χ4n) is 2.69. The Morgan fingerprint density at radius 1 is 1.04 bits per heavy atom. The summed E-state index contributed by atoms with van der Waals surface area (Å²) in [7, 11) is 0. The normalized spacial score (nSPS) is 11.6. The van der Waals surface area contributed by atoms with Crippen LogP contribution < -0.4 is 5.43 Å². The van der Waals surface area contributed by atoms with E-state index in [4.69, 9.17) is 0 Å². The Hall–Kier alpha value is -2.18. The minimum atomic E-state index is -0.139. The van der Waals surface area contributed by atoms with Gasteiger partial charge in [-0.15, -0.1) is 0 Å². The van der Waals surface area contributed by atoms with Gasteiger partial charge in [0.2, 0.25) is 5.91 Å². The molecule has 0 aromatic heterocycles. The van der Waals surface area contributed by atoms with E-state index in [0.29, 0.717) is 27.5 Å². The van der Waals surface area contributed by atoms with Crippen molar-refractivity contribution in [3.05, 3.63) is 74.7 Å². The van der Waals surface area contributed by atoms with Crippen molar-refractivity contribution in [3.63, 3.8) is 0 Å². The monoisotopic (exact) mass is 488 g/mol. The Morgan fingerprint density at radius 2 is 1.70 bits per heavy atom. The molecular formula is C21H18Br2N2O2. The van der Waals surface area contributed by atoms with Gasteiger partial charge in [-0.3, -0.25) is 4.79 Å². The number of hydrogen-bond donors (Lipinski definition) is 2. The molecule has 3 aromatic carbocycles. The van der Waals surface area contributed by atoms with Crippen LogP contribution in [0, 0.1) is 0 Å². The van der Waals surface area contributed by atoms with Crippen molar-refractivity contribution in [2.24, 2.45) is 5.10 Å². The molecule has 2 N–H and O–H groups in total. The lowest BCUT2D eigenvalue weighted by molar-refractivity contribution is -0.121. The van der Waals surface area contributed by atoms with Gasteiger partial charge in [0.1, 0.15) is 5.75 Å². The first kappa shape index (κ1) is 19.6. The zero-order valence-corrected chi connectivity index (χ0v) is 17.8. The second-order valence-corrected chi connectivity index (χ2v) is 7.91. The number of hydrazone groups is 1. The highest BCUT2D eigenvalue weighted by Gasteiger charge is 2.08. The standard InChI is InChI=1S/C21H18Br2N2O2/c1-13(17-11-18(22)21(27)19(23)12-17)24-25-20(26)9-7-14-6-8-15-4-2-3-5-16(15)10-14/h2-6,8,10-12,27H,7,9H2,1H3,(H,25,26)/b24-13-. The van der Waals surface area contributed by atoms with Gasteiger partial charge >= 0.3 is 0 Å². The van der Waals surface area contributed by atoms with Gasteiger partial charge < -0.3 is 5.11 Å². The van der Waals surface area contributed by atoms with E-state index in [1.807, 2.05) is 12.1 Å². The number of carbonyl (C=O) groups excluding carboxylic acids is 1. The Balaban J connectivity index is 1.60. The van der Waals surface area contributed by atoms with Crippen molar-refractivity contribution >= 4 is 54.3 Å². The van der Waals surface area contributed by atoms with Crippen molar-refractivity contribution < 1.29 is 9.90 Å². The number of hydrogen-bond acceptors (Lipinski definition) is 3. The second-order valence-electron chi connectivity index (χ2n) is 6.20. The van der Waals surface area contributed by atoms with Gasteiger partial charge in [-0.2, -0.15) is 5.10 Å². The predicted molar refractivity (Wildman–Crippen MR) is 116 cm³/mol. The van der Waals surface area contributed by atoms with E-state index in [1.54, 1.807) is 19.1 Å². The van der Waals surface area contributed by atoms with E-state index >= 15 is 0 Å². The van der Waals surface area contributed by atoms with Gasteiger partial charge in [-0.05, 0) is 79.2 Å². The number of aryl methyl sites for hydroxylation is 1. The van der Waals surface area contributed by atoms with Gasteiger partial charge in [0.05, 0.1) is 14.7 Å². The number of benzene rings is 3. The molecule has 0 aliphatic carbocycles. The Bertz CT molecular complexity index is 1010. The van der Waals surface area contributed by atoms with Crippen molar-refractivity contribution in [1.82, 2.24) is 5.43 Å². The number of aromatic hydroxyl groups is 1. The molecule has 0 aliphatic rings. The van der Waals surface area contributed by atoms with E-state index in [2.05, 4.69) is 72.7 Å².